The van der Waals surface area contributed by atoms with E-state index in [9.17, 15) is 0 Å². The van der Waals surface area contributed by atoms with E-state index >= 15 is 0 Å². The number of thiophene rings is 1. The topological polar surface area (TPSA) is 78.1 Å². The quantitative estimate of drug-likeness (QED) is 0.627. The molecule has 0 saturated heterocycles. The molecule has 112 valence electrons. The molecular formula is C17H16ClN3S. The van der Waals surface area contributed by atoms with Gasteiger partial charge in [0.05, 0.1) is 6.04 Å². The fourth-order valence-corrected chi connectivity index (χ4v) is 3.44. The van der Waals surface area contributed by atoms with Crippen molar-refractivity contribution in [1.82, 2.24) is 0 Å². The lowest BCUT2D eigenvalue weighted by molar-refractivity contribution is 0.879. The number of anilines is 2. The molecule has 0 fully saturated rings. The first kappa shape index (κ1) is 14.9. The van der Waals surface area contributed by atoms with Gasteiger partial charge in [-0.15, -0.1) is 0 Å². The van der Waals surface area contributed by atoms with Gasteiger partial charge in [-0.05, 0) is 57.8 Å². The SMILES string of the molecule is Nc1ccc(N)c(-c2cscc2C(N)c2ccc(Cl)cc2)c1. The minimum absolute atomic E-state index is 0.237. The molecule has 5 heteroatoms. The maximum absolute atomic E-state index is 6.43. The molecule has 0 bridgehead atoms. The lowest BCUT2D eigenvalue weighted by Gasteiger charge is -2.15. The number of benzene rings is 2. The van der Waals surface area contributed by atoms with E-state index in [0.717, 1.165) is 22.3 Å². The molecule has 3 rings (SSSR count). The monoisotopic (exact) mass is 329 g/mol. The average Bonchev–Trinajstić information content (AvgIpc) is 2.99. The van der Waals surface area contributed by atoms with Gasteiger partial charge in [0.1, 0.15) is 0 Å². The number of halogens is 1. The van der Waals surface area contributed by atoms with Crippen LogP contribution in [0.4, 0.5) is 11.4 Å². The van der Waals surface area contributed by atoms with E-state index < -0.39 is 0 Å². The first-order valence-corrected chi connectivity index (χ1v) is 8.11. The number of rotatable bonds is 3. The van der Waals surface area contributed by atoms with Crippen molar-refractivity contribution < 1.29 is 0 Å². The molecule has 0 aliphatic heterocycles. The third kappa shape index (κ3) is 2.81. The number of nitrogen functional groups attached to an aromatic ring is 2. The molecular weight excluding hydrogens is 314 g/mol. The van der Waals surface area contributed by atoms with Crippen LogP contribution in [0.25, 0.3) is 11.1 Å². The fourth-order valence-electron chi connectivity index (χ4n) is 2.42. The molecule has 0 aliphatic carbocycles. The average molecular weight is 330 g/mol. The summed E-state index contributed by atoms with van der Waals surface area (Å²) < 4.78 is 0. The summed E-state index contributed by atoms with van der Waals surface area (Å²) in [6, 6.07) is 12.8. The van der Waals surface area contributed by atoms with E-state index in [1.165, 1.54) is 0 Å². The van der Waals surface area contributed by atoms with E-state index in [2.05, 4.69) is 10.8 Å². The highest BCUT2D eigenvalue weighted by Crippen LogP contribution is 2.37. The highest BCUT2D eigenvalue weighted by atomic mass is 35.5. The van der Waals surface area contributed by atoms with E-state index in [1.807, 2.05) is 36.4 Å². The highest BCUT2D eigenvalue weighted by Gasteiger charge is 2.17. The zero-order chi connectivity index (χ0) is 15.7. The van der Waals surface area contributed by atoms with Crippen molar-refractivity contribution in [2.45, 2.75) is 6.04 Å². The summed E-state index contributed by atoms with van der Waals surface area (Å²) in [6.45, 7) is 0. The Kier molecular flexibility index (Phi) is 4.07. The third-order valence-corrected chi connectivity index (χ3v) is 4.64. The van der Waals surface area contributed by atoms with Crippen LogP contribution in [0.1, 0.15) is 17.2 Å². The first-order chi connectivity index (χ1) is 10.6. The molecule has 1 heterocycles. The van der Waals surface area contributed by atoms with E-state index in [0.29, 0.717) is 16.4 Å². The molecule has 1 atom stereocenters. The van der Waals surface area contributed by atoms with E-state index in [-0.39, 0.29) is 6.04 Å². The Balaban J connectivity index is 2.05. The Hall–Kier alpha value is -2.01. The van der Waals surface area contributed by atoms with Crippen molar-refractivity contribution in [1.29, 1.82) is 0 Å². The summed E-state index contributed by atoms with van der Waals surface area (Å²) in [4.78, 5) is 0. The summed E-state index contributed by atoms with van der Waals surface area (Å²) in [5.74, 6) is 0. The Morgan fingerprint density at radius 2 is 1.64 bits per heavy atom. The Labute approximate surface area is 138 Å². The first-order valence-electron chi connectivity index (χ1n) is 6.79. The third-order valence-electron chi connectivity index (χ3n) is 3.62. The summed E-state index contributed by atoms with van der Waals surface area (Å²) in [5.41, 5.74) is 23.8. The molecule has 2 aromatic carbocycles. The number of hydrogen-bond acceptors (Lipinski definition) is 4. The van der Waals surface area contributed by atoms with Crippen LogP contribution < -0.4 is 17.2 Å². The summed E-state index contributed by atoms with van der Waals surface area (Å²) in [6.07, 6.45) is 0. The maximum Gasteiger partial charge on any atom is 0.0566 e. The standard InChI is InChI=1S/C17H16ClN3S/c18-11-3-1-10(2-4-11)17(21)15-9-22-8-14(15)13-7-12(19)5-6-16(13)20/h1-9,17H,19-21H2. The van der Waals surface area contributed by atoms with Gasteiger partial charge in [-0.25, -0.2) is 0 Å². The van der Waals surface area contributed by atoms with Gasteiger partial charge in [-0.1, -0.05) is 23.7 Å². The van der Waals surface area contributed by atoms with Gasteiger partial charge < -0.3 is 17.2 Å². The maximum atomic E-state index is 6.43. The van der Waals surface area contributed by atoms with Crippen molar-refractivity contribution >= 4 is 34.3 Å². The molecule has 3 nitrogen and oxygen atoms in total. The molecule has 6 N–H and O–H groups in total. The van der Waals surface area contributed by atoms with Crippen LogP contribution in [0.3, 0.4) is 0 Å². The largest absolute Gasteiger partial charge is 0.399 e. The highest BCUT2D eigenvalue weighted by molar-refractivity contribution is 7.08. The van der Waals surface area contributed by atoms with Crippen LogP contribution in [0.2, 0.25) is 5.02 Å². The van der Waals surface area contributed by atoms with Crippen LogP contribution >= 0.6 is 22.9 Å². The van der Waals surface area contributed by atoms with Gasteiger partial charge in [-0.3, -0.25) is 0 Å². The molecule has 0 amide bonds. The van der Waals surface area contributed by atoms with Gasteiger partial charge in [0, 0.05) is 22.0 Å². The second kappa shape index (κ2) is 6.01. The predicted molar refractivity (Wildman–Crippen MR) is 96.1 cm³/mol. The fraction of sp³-hybridized carbons (Fsp3) is 0.0588. The van der Waals surface area contributed by atoms with Crippen molar-refractivity contribution in [3.05, 3.63) is 69.4 Å². The van der Waals surface area contributed by atoms with Gasteiger partial charge in [0.2, 0.25) is 0 Å². The molecule has 3 aromatic rings. The van der Waals surface area contributed by atoms with Crippen molar-refractivity contribution in [2.24, 2.45) is 5.73 Å². The zero-order valence-corrected chi connectivity index (χ0v) is 13.4. The Bertz CT molecular complexity index is 796. The molecule has 1 aromatic heterocycles. The number of hydrogen-bond donors (Lipinski definition) is 3. The van der Waals surface area contributed by atoms with Crippen molar-refractivity contribution in [3.8, 4) is 11.1 Å². The normalized spacial score (nSPS) is 12.3. The van der Waals surface area contributed by atoms with Crippen molar-refractivity contribution in [2.75, 3.05) is 11.5 Å². The minimum Gasteiger partial charge on any atom is -0.399 e. The van der Waals surface area contributed by atoms with Crippen LogP contribution in [0.5, 0.6) is 0 Å². The lowest BCUT2D eigenvalue weighted by atomic mass is 9.94. The zero-order valence-electron chi connectivity index (χ0n) is 11.8. The van der Waals surface area contributed by atoms with Gasteiger partial charge in [0.15, 0.2) is 0 Å². The van der Waals surface area contributed by atoms with Crippen LogP contribution in [-0.2, 0) is 0 Å². The minimum atomic E-state index is -0.237. The summed E-state index contributed by atoms with van der Waals surface area (Å²) >= 11 is 7.54. The summed E-state index contributed by atoms with van der Waals surface area (Å²) in [7, 11) is 0. The van der Waals surface area contributed by atoms with E-state index in [1.54, 1.807) is 17.4 Å². The molecule has 0 spiro atoms. The van der Waals surface area contributed by atoms with Gasteiger partial charge in [0.25, 0.3) is 0 Å². The second-order valence-electron chi connectivity index (χ2n) is 5.12. The lowest BCUT2D eigenvalue weighted by Crippen LogP contribution is -2.12. The Morgan fingerprint density at radius 1 is 0.909 bits per heavy atom. The van der Waals surface area contributed by atoms with Crippen molar-refractivity contribution in [3.63, 3.8) is 0 Å². The summed E-state index contributed by atoms with van der Waals surface area (Å²) in [5, 5.41) is 4.80. The molecule has 0 aliphatic rings. The van der Waals surface area contributed by atoms with Crippen LogP contribution in [0.15, 0.2) is 53.2 Å². The molecule has 0 radical (unpaired) electrons. The van der Waals surface area contributed by atoms with Crippen LogP contribution in [0, 0.1) is 0 Å². The Morgan fingerprint density at radius 3 is 2.36 bits per heavy atom. The van der Waals surface area contributed by atoms with Gasteiger partial charge >= 0.3 is 0 Å². The molecule has 0 saturated carbocycles. The number of nitrogens with two attached hydrogens (primary N) is 3. The smallest absolute Gasteiger partial charge is 0.0566 e. The van der Waals surface area contributed by atoms with E-state index in [4.69, 9.17) is 28.8 Å². The van der Waals surface area contributed by atoms with Crippen LogP contribution in [-0.4, -0.2) is 0 Å². The van der Waals surface area contributed by atoms with Gasteiger partial charge in [-0.2, -0.15) is 11.3 Å². The second-order valence-corrected chi connectivity index (χ2v) is 6.30. The molecule has 1 unspecified atom stereocenters. The predicted octanol–water partition coefficient (Wildman–Crippen LogP) is 4.28. The molecule has 22 heavy (non-hydrogen) atoms.